The van der Waals surface area contributed by atoms with E-state index < -0.39 is 4.92 Å². The predicted octanol–water partition coefficient (Wildman–Crippen LogP) is 5.42. The van der Waals surface area contributed by atoms with E-state index in [9.17, 15) is 10.1 Å². The summed E-state index contributed by atoms with van der Waals surface area (Å²) in [6, 6.07) is 17.2. The normalized spacial score (nSPS) is 11.6. The molecule has 2 N–H and O–H groups in total. The number of fused-ring (bicyclic) bond motifs is 2. The molecule has 2 aromatic carbocycles. The third kappa shape index (κ3) is 6.26. The first kappa shape index (κ1) is 23.2. The molecule has 0 fully saturated rings. The molecule has 2 heterocycles. The average molecular weight is 455 g/mol. The van der Waals surface area contributed by atoms with Crippen LogP contribution in [0.15, 0.2) is 60.7 Å². The maximum absolute atomic E-state index is 10.5. The first-order chi connectivity index (χ1) is 15.4. The Kier molecular flexibility index (Phi) is 7.75. The molecule has 0 aliphatic carbocycles. The smallest absolute Gasteiger partial charge is 0.270 e. The number of methoxy groups -OCH3 is 1. The Balaban J connectivity index is 0.000000186. The molecule has 0 saturated carbocycles. The third-order valence-corrected chi connectivity index (χ3v) is 4.92. The summed E-state index contributed by atoms with van der Waals surface area (Å²) in [6.45, 7) is 2.61. The van der Waals surface area contributed by atoms with Gasteiger partial charge in [0.1, 0.15) is 5.15 Å². The molecule has 0 aliphatic heterocycles. The van der Waals surface area contributed by atoms with E-state index in [-0.39, 0.29) is 11.8 Å². The second-order valence-corrected chi connectivity index (χ2v) is 7.44. The number of hydrogen-bond donors (Lipinski definition) is 1. The zero-order valence-electron chi connectivity index (χ0n) is 17.7. The molecule has 0 saturated heterocycles. The number of ether oxygens (including phenoxy) is 2. The number of rotatable bonds is 6. The van der Waals surface area contributed by atoms with Crippen LogP contribution in [-0.4, -0.2) is 34.7 Å². The summed E-state index contributed by atoms with van der Waals surface area (Å²) in [5.74, 6) is 0.635. The fourth-order valence-corrected chi connectivity index (χ4v) is 3.01. The molecular weight excluding hydrogens is 432 g/mol. The zero-order valence-corrected chi connectivity index (χ0v) is 18.5. The van der Waals surface area contributed by atoms with Crippen molar-refractivity contribution in [2.75, 3.05) is 19.5 Å². The lowest BCUT2D eigenvalue weighted by atomic mass is 10.2. The van der Waals surface area contributed by atoms with Crippen LogP contribution in [0.2, 0.25) is 5.15 Å². The number of aromatic nitrogens is 2. The topological polar surface area (TPSA) is 113 Å². The molecule has 1 unspecified atom stereocenters. The second-order valence-electron chi connectivity index (χ2n) is 7.05. The van der Waals surface area contributed by atoms with Gasteiger partial charge >= 0.3 is 0 Å². The molecule has 8 nitrogen and oxygen atoms in total. The zero-order chi connectivity index (χ0) is 23.1. The van der Waals surface area contributed by atoms with Crippen LogP contribution in [0.3, 0.4) is 0 Å². The Morgan fingerprint density at radius 3 is 2.47 bits per heavy atom. The molecule has 1 atom stereocenters. The van der Waals surface area contributed by atoms with Crippen LogP contribution in [-0.2, 0) is 4.74 Å². The molecule has 0 amide bonds. The molecule has 4 rings (SSSR count). The van der Waals surface area contributed by atoms with Crippen molar-refractivity contribution in [3.05, 3.63) is 75.9 Å². The van der Waals surface area contributed by atoms with Gasteiger partial charge in [-0.25, -0.2) is 9.97 Å². The van der Waals surface area contributed by atoms with Crippen LogP contribution < -0.4 is 10.5 Å². The van der Waals surface area contributed by atoms with E-state index in [0.717, 1.165) is 23.0 Å². The number of nitro groups is 1. The maximum atomic E-state index is 10.5. The van der Waals surface area contributed by atoms with Crippen LogP contribution in [0.25, 0.3) is 21.8 Å². The quantitative estimate of drug-likeness (QED) is 0.179. The van der Waals surface area contributed by atoms with Crippen LogP contribution in [0.4, 0.5) is 11.4 Å². The molecule has 0 aliphatic rings. The van der Waals surface area contributed by atoms with E-state index in [4.69, 9.17) is 26.8 Å². The lowest BCUT2D eigenvalue weighted by Gasteiger charge is -2.10. The van der Waals surface area contributed by atoms with Crippen molar-refractivity contribution >= 4 is 44.8 Å². The first-order valence-electron chi connectivity index (χ1n) is 9.88. The monoisotopic (exact) mass is 454 g/mol. The number of benzene rings is 2. The molecule has 0 spiro atoms. The highest BCUT2D eigenvalue weighted by atomic mass is 35.5. The number of nitrogens with zero attached hydrogens (tertiary/aromatic N) is 3. The van der Waals surface area contributed by atoms with E-state index in [1.54, 1.807) is 25.3 Å². The van der Waals surface area contributed by atoms with E-state index >= 15 is 0 Å². The molecule has 2 aromatic heterocycles. The minimum absolute atomic E-state index is 0.0571. The highest BCUT2D eigenvalue weighted by Crippen LogP contribution is 2.21. The predicted molar refractivity (Wildman–Crippen MR) is 126 cm³/mol. The van der Waals surface area contributed by atoms with Crippen molar-refractivity contribution in [2.45, 2.75) is 19.4 Å². The van der Waals surface area contributed by atoms with Gasteiger partial charge in [-0.05, 0) is 49.4 Å². The lowest BCUT2D eigenvalue weighted by Crippen LogP contribution is -2.10. The molecule has 0 bridgehead atoms. The minimum Gasteiger partial charge on any atom is -0.478 e. The van der Waals surface area contributed by atoms with Gasteiger partial charge in [0.25, 0.3) is 5.69 Å². The van der Waals surface area contributed by atoms with E-state index in [0.29, 0.717) is 28.5 Å². The number of nitrogen functional groups attached to an aromatic ring is 1. The van der Waals surface area contributed by atoms with Crippen LogP contribution in [0.5, 0.6) is 5.88 Å². The highest BCUT2D eigenvalue weighted by molar-refractivity contribution is 6.29. The first-order valence-corrected chi connectivity index (χ1v) is 10.3. The van der Waals surface area contributed by atoms with Crippen molar-refractivity contribution in [3.8, 4) is 5.88 Å². The molecule has 32 heavy (non-hydrogen) atoms. The van der Waals surface area contributed by atoms with Crippen LogP contribution >= 0.6 is 11.6 Å². The van der Waals surface area contributed by atoms with Gasteiger partial charge in [0.15, 0.2) is 0 Å². The van der Waals surface area contributed by atoms with Gasteiger partial charge in [0, 0.05) is 48.2 Å². The van der Waals surface area contributed by atoms with Crippen molar-refractivity contribution < 1.29 is 14.4 Å². The average Bonchev–Trinajstić information content (AvgIpc) is 2.79. The summed E-state index contributed by atoms with van der Waals surface area (Å²) < 4.78 is 10.8. The largest absolute Gasteiger partial charge is 0.478 e. The Labute approximate surface area is 190 Å². The molecular formula is C23H23ClN4O4. The molecule has 4 aromatic rings. The maximum Gasteiger partial charge on any atom is 0.270 e. The van der Waals surface area contributed by atoms with E-state index in [1.165, 1.54) is 12.1 Å². The van der Waals surface area contributed by atoms with Crippen molar-refractivity contribution in [2.24, 2.45) is 0 Å². The minimum atomic E-state index is -0.436. The molecule has 0 radical (unpaired) electrons. The Hall–Kier alpha value is -3.49. The van der Waals surface area contributed by atoms with Gasteiger partial charge in [-0.3, -0.25) is 10.1 Å². The summed E-state index contributed by atoms with van der Waals surface area (Å²) in [4.78, 5) is 18.5. The standard InChI is InChI=1S/C14H18N2O2.C9H5ClN2O2/c1-10(17-2)7-8-18-14-6-3-11-9-12(15)4-5-13(11)16-14;10-9-4-1-6-5-7(12(13)14)2-3-8(6)11-9/h3-6,9-10H,7-8,15H2,1-2H3;1-5H. The van der Waals surface area contributed by atoms with E-state index in [1.807, 2.05) is 37.3 Å². The van der Waals surface area contributed by atoms with Gasteiger partial charge in [-0.1, -0.05) is 11.6 Å². The Morgan fingerprint density at radius 2 is 1.72 bits per heavy atom. The number of halogens is 1. The lowest BCUT2D eigenvalue weighted by molar-refractivity contribution is -0.384. The number of nitrogens with two attached hydrogens (primary N) is 1. The number of pyridine rings is 2. The summed E-state index contributed by atoms with van der Waals surface area (Å²) in [7, 11) is 1.70. The van der Waals surface area contributed by atoms with Gasteiger partial charge < -0.3 is 15.2 Å². The summed E-state index contributed by atoms with van der Waals surface area (Å²) in [5, 5.41) is 12.6. The summed E-state index contributed by atoms with van der Waals surface area (Å²) in [5.41, 5.74) is 8.06. The van der Waals surface area contributed by atoms with Crippen molar-refractivity contribution in [1.82, 2.24) is 9.97 Å². The number of anilines is 1. The Bertz CT molecular complexity index is 1240. The highest BCUT2D eigenvalue weighted by Gasteiger charge is 2.06. The van der Waals surface area contributed by atoms with Crippen LogP contribution in [0.1, 0.15) is 13.3 Å². The molecule has 9 heteroatoms. The fraction of sp³-hybridized carbons (Fsp3) is 0.217. The van der Waals surface area contributed by atoms with E-state index in [2.05, 4.69) is 9.97 Å². The fourth-order valence-electron chi connectivity index (χ4n) is 2.85. The number of hydrogen-bond acceptors (Lipinski definition) is 7. The SMILES string of the molecule is COC(C)CCOc1ccc2cc(N)ccc2n1.O=[N+]([O-])c1ccc2nc(Cl)ccc2c1. The number of non-ortho nitro benzene ring substituents is 1. The van der Waals surface area contributed by atoms with Gasteiger partial charge in [-0.15, -0.1) is 0 Å². The van der Waals surface area contributed by atoms with Gasteiger partial charge in [0.2, 0.25) is 5.88 Å². The molecule has 166 valence electrons. The third-order valence-electron chi connectivity index (χ3n) is 4.71. The van der Waals surface area contributed by atoms with Gasteiger partial charge in [-0.2, -0.15) is 0 Å². The number of nitro benzene ring substituents is 1. The van der Waals surface area contributed by atoms with Crippen molar-refractivity contribution in [3.63, 3.8) is 0 Å². The van der Waals surface area contributed by atoms with Crippen molar-refractivity contribution in [1.29, 1.82) is 0 Å². The second kappa shape index (κ2) is 10.7. The van der Waals surface area contributed by atoms with Gasteiger partial charge in [0.05, 0.1) is 28.7 Å². The summed E-state index contributed by atoms with van der Waals surface area (Å²) >= 11 is 5.68. The summed E-state index contributed by atoms with van der Waals surface area (Å²) in [6.07, 6.45) is 1.04. The Morgan fingerprint density at radius 1 is 1.03 bits per heavy atom. The van der Waals surface area contributed by atoms with Crippen LogP contribution in [0, 0.1) is 10.1 Å².